The first-order valence-electron chi connectivity index (χ1n) is 5.68. The van der Waals surface area contributed by atoms with Crippen molar-refractivity contribution in [1.82, 2.24) is 10.3 Å². The molecule has 1 heterocycles. The fourth-order valence-corrected chi connectivity index (χ4v) is 1.55. The third-order valence-electron chi connectivity index (χ3n) is 2.62. The van der Waals surface area contributed by atoms with Crippen LogP contribution in [0.15, 0.2) is 10.7 Å². The normalized spacial score (nSPS) is 13.5. The van der Waals surface area contributed by atoms with Crippen molar-refractivity contribution in [2.24, 2.45) is 5.41 Å². The average molecular weight is 240 g/mol. The number of aliphatic hydroxyl groups excluding tert-OH is 1. The molecular weight excluding hydrogens is 220 g/mol. The Kier molecular flexibility index (Phi) is 4.28. The molecule has 0 fully saturated rings. The van der Waals surface area contributed by atoms with Crippen molar-refractivity contribution >= 4 is 5.91 Å². The SMILES string of the molecule is Cc1nc(C(=O)N[C@@H](CCO)C(C)(C)C)co1. The van der Waals surface area contributed by atoms with Gasteiger partial charge in [0.1, 0.15) is 6.26 Å². The maximum absolute atomic E-state index is 11.9. The zero-order valence-corrected chi connectivity index (χ0v) is 10.8. The Morgan fingerprint density at radius 3 is 2.65 bits per heavy atom. The Labute approximate surface area is 101 Å². The number of hydrogen-bond acceptors (Lipinski definition) is 4. The number of nitrogens with one attached hydrogen (secondary N) is 1. The van der Waals surface area contributed by atoms with Gasteiger partial charge in [0.2, 0.25) is 0 Å². The molecule has 0 radical (unpaired) electrons. The number of aliphatic hydroxyl groups is 1. The van der Waals surface area contributed by atoms with Crippen molar-refractivity contribution in [3.63, 3.8) is 0 Å². The molecule has 2 N–H and O–H groups in total. The lowest BCUT2D eigenvalue weighted by atomic mass is 9.85. The van der Waals surface area contributed by atoms with Gasteiger partial charge in [-0.25, -0.2) is 4.98 Å². The minimum absolute atomic E-state index is 0.0417. The molecule has 1 rings (SSSR count). The third-order valence-corrected chi connectivity index (χ3v) is 2.62. The number of hydrogen-bond donors (Lipinski definition) is 2. The summed E-state index contributed by atoms with van der Waals surface area (Å²) < 4.78 is 4.99. The number of aryl methyl sites for hydroxylation is 1. The zero-order valence-electron chi connectivity index (χ0n) is 10.8. The van der Waals surface area contributed by atoms with E-state index in [0.717, 1.165) is 0 Å². The van der Waals surface area contributed by atoms with E-state index in [9.17, 15) is 4.79 Å². The summed E-state index contributed by atoms with van der Waals surface area (Å²) in [7, 11) is 0. The minimum atomic E-state index is -0.268. The third kappa shape index (κ3) is 3.85. The van der Waals surface area contributed by atoms with Crippen LogP contribution in [0.25, 0.3) is 0 Å². The number of carbonyl (C=O) groups is 1. The predicted octanol–water partition coefficient (Wildman–Crippen LogP) is 1.51. The largest absolute Gasteiger partial charge is 0.448 e. The van der Waals surface area contributed by atoms with E-state index in [1.54, 1.807) is 6.92 Å². The van der Waals surface area contributed by atoms with Crippen LogP contribution < -0.4 is 5.32 Å². The molecule has 0 saturated heterocycles. The van der Waals surface area contributed by atoms with Crippen LogP contribution in [-0.4, -0.2) is 28.6 Å². The van der Waals surface area contributed by atoms with E-state index in [1.807, 2.05) is 20.8 Å². The first-order valence-corrected chi connectivity index (χ1v) is 5.68. The Hall–Kier alpha value is -1.36. The van der Waals surface area contributed by atoms with Gasteiger partial charge in [0.05, 0.1) is 0 Å². The molecule has 1 amide bonds. The lowest BCUT2D eigenvalue weighted by molar-refractivity contribution is 0.0880. The molecule has 17 heavy (non-hydrogen) atoms. The van der Waals surface area contributed by atoms with E-state index >= 15 is 0 Å². The standard InChI is InChI=1S/C12H20N2O3/c1-8-13-9(7-17-8)11(16)14-10(5-6-15)12(2,3)4/h7,10,15H,5-6H2,1-4H3,(H,14,16)/t10-/m0/s1. The maximum Gasteiger partial charge on any atom is 0.273 e. The number of rotatable bonds is 4. The summed E-state index contributed by atoms with van der Waals surface area (Å²) in [5, 5.41) is 11.9. The first-order chi connectivity index (χ1) is 7.84. The van der Waals surface area contributed by atoms with Crippen molar-refractivity contribution in [2.75, 3.05) is 6.61 Å². The fraction of sp³-hybridized carbons (Fsp3) is 0.667. The van der Waals surface area contributed by atoms with Crippen LogP contribution in [0.3, 0.4) is 0 Å². The highest BCUT2D eigenvalue weighted by atomic mass is 16.3. The Balaban J connectivity index is 2.71. The van der Waals surface area contributed by atoms with Crippen LogP contribution >= 0.6 is 0 Å². The fourth-order valence-electron chi connectivity index (χ4n) is 1.55. The number of carbonyl (C=O) groups excluding carboxylic acids is 1. The monoisotopic (exact) mass is 240 g/mol. The van der Waals surface area contributed by atoms with Crippen LogP contribution in [0.2, 0.25) is 0 Å². The van der Waals surface area contributed by atoms with Gasteiger partial charge in [-0.2, -0.15) is 0 Å². The molecule has 0 aliphatic carbocycles. The summed E-state index contributed by atoms with van der Waals surface area (Å²) in [4.78, 5) is 15.8. The van der Waals surface area contributed by atoms with Gasteiger partial charge < -0.3 is 14.8 Å². The lowest BCUT2D eigenvalue weighted by Crippen LogP contribution is -2.44. The van der Waals surface area contributed by atoms with Crippen LogP contribution in [-0.2, 0) is 0 Å². The lowest BCUT2D eigenvalue weighted by Gasteiger charge is -2.30. The topological polar surface area (TPSA) is 75.4 Å². The van der Waals surface area contributed by atoms with E-state index in [4.69, 9.17) is 9.52 Å². The zero-order chi connectivity index (χ0) is 13.1. The average Bonchev–Trinajstić information content (AvgIpc) is 2.62. The molecule has 0 aliphatic heterocycles. The van der Waals surface area contributed by atoms with Crippen LogP contribution in [0, 0.1) is 12.3 Å². The molecule has 5 heteroatoms. The predicted molar refractivity (Wildman–Crippen MR) is 63.7 cm³/mol. The molecule has 1 atom stereocenters. The molecule has 0 aliphatic rings. The summed E-state index contributed by atoms with van der Waals surface area (Å²) in [6.07, 6.45) is 1.86. The van der Waals surface area contributed by atoms with Gasteiger partial charge in [0.15, 0.2) is 11.6 Å². The summed E-state index contributed by atoms with van der Waals surface area (Å²) >= 11 is 0. The molecule has 96 valence electrons. The minimum Gasteiger partial charge on any atom is -0.448 e. The van der Waals surface area contributed by atoms with E-state index in [2.05, 4.69) is 10.3 Å². The Morgan fingerprint density at radius 1 is 1.59 bits per heavy atom. The summed E-state index contributed by atoms with van der Waals surface area (Å²) in [5.74, 6) is 0.194. The second-order valence-corrected chi connectivity index (χ2v) is 5.16. The van der Waals surface area contributed by atoms with Gasteiger partial charge in [-0.15, -0.1) is 0 Å². The Morgan fingerprint density at radius 2 is 2.24 bits per heavy atom. The smallest absolute Gasteiger partial charge is 0.273 e. The van der Waals surface area contributed by atoms with Crippen LogP contribution in [0.5, 0.6) is 0 Å². The second kappa shape index (κ2) is 5.31. The maximum atomic E-state index is 11.9. The molecule has 0 spiro atoms. The summed E-state index contributed by atoms with van der Waals surface area (Å²) in [6.45, 7) is 7.77. The van der Waals surface area contributed by atoms with Crippen molar-refractivity contribution in [1.29, 1.82) is 0 Å². The van der Waals surface area contributed by atoms with Crippen molar-refractivity contribution in [3.05, 3.63) is 17.8 Å². The molecule has 0 saturated carbocycles. The van der Waals surface area contributed by atoms with Gasteiger partial charge in [-0.1, -0.05) is 20.8 Å². The van der Waals surface area contributed by atoms with Gasteiger partial charge in [0.25, 0.3) is 5.91 Å². The molecular formula is C12H20N2O3. The van der Waals surface area contributed by atoms with E-state index in [1.165, 1.54) is 6.26 Å². The number of nitrogens with zero attached hydrogens (tertiary/aromatic N) is 1. The molecule has 0 bridgehead atoms. The second-order valence-electron chi connectivity index (χ2n) is 5.16. The molecule has 0 unspecified atom stereocenters. The molecule has 1 aromatic rings. The van der Waals surface area contributed by atoms with Crippen molar-refractivity contribution < 1.29 is 14.3 Å². The highest BCUT2D eigenvalue weighted by Crippen LogP contribution is 2.21. The number of oxazole rings is 1. The van der Waals surface area contributed by atoms with Gasteiger partial charge in [-0.3, -0.25) is 4.79 Å². The van der Waals surface area contributed by atoms with Crippen molar-refractivity contribution in [2.45, 2.75) is 40.2 Å². The molecule has 1 aromatic heterocycles. The summed E-state index contributed by atoms with van der Waals surface area (Å²) in [6, 6.07) is -0.1000. The molecule has 5 nitrogen and oxygen atoms in total. The highest BCUT2D eigenvalue weighted by molar-refractivity contribution is 5.92. The highest BCUT2D eigenvalue weighted by Gasteiger charge is 2.26. The van der Waals surface area contributed by atoms with Crippen LogP contribution in [0.1, 0.15) is 43.6 Å². The number of aromatic nitrogens is 1. The van der Waals surface area contributed by atoms with Gasteiger partial charge in [-0.05, 0) is 11.8 Å². The summed E-state index contributed by atoms with van der Waals surface area (Å²) in [5.41, 5.74) is 0.159. The Bertz CT molecular complexity index is 379. The quantitative estimate of drug-likeness (QED) is 0.836. The van der Waals surface area contributed by atoms with Gasteiger partial charge in [0, 0.05) is 19.6 Å². The van der Waals surface area contributed by atoms with E-state index in [-0.39, 0.29) is 29.7 Å². The van der Waals surface area contributed by atoms with E-state index in [0.29, 0.717) is 12.3 Å². The van der Waals surface area contributed by atoms with E-state index < -0.39 is 0 Å². The first kappa shape index (κ1) is 13.7. The molecule has 0 aromatic carbocycles. The number of amides is 1. The van der Waals surface area contributed by atoms with Crippen molar-refractivity contribution in [3.8, 4) is 0 Å². The van der Waals surface area contributed by atoms with Crippen LogP contribution in [0.4, 0.5) is 0 Å². The van der Waals surface area contributed by atoms with Gasteiger partial charge >= 0.3 is 0 Å².